The van der Waals surface area contributed by atoms with Crippen LogP contribution in [0.25, 0.3) is 0 Å². The van der Waals surface area contributed by atoms with Gasteiger partial charge in [0.25, 0.3) is 5.91 Å². The van der Waals surface area contributed by atoms with Crippen LogP contribution in [0.4, 0.5) is 0 Å². The summed E-state index contributed by atoms with van der Waals surface area (Å²) in [7, 11) is 0. The van der Waals surface area contributed by atoms with E-state index in [0.29, 0.717) is 32.8 Å². The van der Waals surface area contributed by atoms with E-state index in [0.717, 1.165) is 24.2 Å². The summed E-state index contributed by atoms with van der Waals surface area (Å²) in [6.45, 7) is 8.22. The van der Waals surface area contributed by atoms with Crippen molar-refractivity contribution in [3.63, 3.8) is 0 Å². The Balaban J connectivity index is 1.26. The molecular weight excluding hydrogens is 530 g/mol. The Kier molecular flexibility index (Phi) is 8.80. The molecule has 214 valence electrons. The molecule has 40 heavy (non-hydrogen) atoms. The van der Waals surface area contributed by atoms with Crippen molar-refractivity contribution in [2.75, 3.05) is 39.4 Å². The van der Waals surface area contributed by atoms with Gasteiger partial charge in [0.1, 0.15) is 24.7 Å². The van der Waals surface area contributed by atoms with E-state index in [4.69, 9.17) is 9.47 Å². The second kappa shape index (κ2) is 12.3. The number of morpholine rings is 1. The maximum Gasteiger partial charge on any atom is 0.330 e. The van der Waals surface area contributed by atoms with Gasteiger partial charge in [0.2, 0.25) is 5.91 Å². The molecule has 3 heterocycles. The number of thioether (sulfide) groups is 1. The lowest BCUT2D eigenvalue weighted by Gasteiger charge is -2.46. The Hall–Kier alpha value is -2.92. The first-order valence-electron chi connectivity index (χ1n) is 13.8. The number of carbonyl (C=O) groups excluding carboxylic acids is 3. The Morgan fingerprint density at radius 3 is 2.35 bits per heavy atom. The third-order valence-electron chi connectivity index (χ3n) is 7.84. The van der Waals surface area contributed by atoms with Gasteiger partial charge in [-0.05, 0) is 25.0 Å². The van der Waals surface area contributed by atoms with Gasteiger partial charge in [0.05, 0.1) is 18.6 Å². The van der Waals surface area contributed by atoms with E-state index in [2.05, 4.69) is 4.90 Å². The lowest BCUT2D eigenvalue weighted by atomic mass is 9.87. The average Bonchev–Trinajstić information content (AvgIpc) is 3.22. The summed E-state index contributed by atoms with van der Waals surface area (Å²) in [4.78, 5) is 45.6. The standard InChI is InChI=1S/C30H37N3O6S/c1-30(2)25(29(37)39-20-22-11-7-4-8-12-22)33-26(35)23(28(33)40-30)24(34)27(36)32(19-21-9-5-3-6-10-21)14-13-31-15-17-38-18-16-31/h3-12,23-25,28,34H,13-20H2,1-2H3/t23-,24+,25+,28-/m1/s1. The number of nitrogens with zero attached hydrogens (tertiary/aromatic N) is 3. The highest BCUT2D eigenvalue weighted by Crippen LogP contribution is 2.54. The molecule has 1 N–H and O–H groups in total. The van der Waals surface area contributed by atoms with E-state index in [1.165, 1.54) is 16.7 Å². The molecule has 0 aromatic heterocycles. The number of ether oxygens (including phenoxy) is 2. The van der Waals surface area contributed by atoms with Crippen LogP contribution in [0.3, 0.4) is 0 Å². The number of hydrogen-bond donors (Lipinski definition) is 1. The first-order valence-corrected chi connectivity index (χ1v) is 14.7. The molecule has 0 bridgehead atoms. The van der Waals surface area contributed by atoms with Crippen molar-refractivity contribution < 1.29 is 29.0 Å². The minimum atomic E-state index is -1.50. The largest absolute Gasteiger partial charge is 0.459 e. The molecule has 4 atom stereocenters. The topological polar surface area (TPSA) is 99.6 Å². The highest BCUT2D eigenvalue weighted by Gasteiger charge is 2.66. The quantitative estimate of drug-likeness (QED) is 0.345. The van der Waals surface area contributed by atoms with E-state index in [1.807, 2.05) is 74.5 Å². The predicted molar refractivity (Wildman–Crippen MR) is 151 cm³/mol. The van der Waals surface area contributed by atoms with Crippen LogP contribution in [0, 0.1) is 5.92 Å². The fraction of sp³-hybridized carbons (Fsp3) is 0.500. The fourth-order valence-electron chi connectivity index (χ4n) is 5.62. The highest BCUT2D eigenvalue weighted by atomic mass is 32.2. The van der Waals surface area contributed by atoms with Gasteiger partial charge in [-0.15, -0.1) is 11.8 Å². The summed E-state index contributed by atoms with van der Waals surface area (Å²) in [5.41, 5.74) is 1.81. The van der Waals surface area contributed by atoms with Crippen LogP contribution in [0.5, 0.6) is 0 Å². The minimum Gasteiger partial charge on any atom is -0.459 e. The van der Waals surface area contributed by atoms with Crippen LogP contribution in [-0.2, 0) is 37.0 Å². The van der Waals surface area contributed by atoms with E-state index in [-0.39, 0.29) is 6.61 Å². The minimum absolute atomic E-state index is 0.117. The molecule has 0 aliphatic carbocycles. The van der Waals surface area contributed by atoms with Crippen LogP contribution in [0.2, 0.25) is 0 Å². The fourth-order valence-corrected chi connectivity index (χ4v) is 7.33. The number of aliphatic hydroxyl groups is 1. The Morgan fingerprint density at radius 2 is 1.70 bits per heavy atom. The number of carbonyl (C=O) groups is 3. The molecule has 10 heteroatoms. The number of aliphatic hydroxyl groups excluding tert-OH is 1. The molecule has 0 unspecified atom stereocenters. The molecule has 2 aromatic carbocycles. The van der Waals surface area contributed by atoms with E-state index >= 15 is 0 Å². The summed E-state index contributed by atoms with van der Waals surface area (Å²) < 4.78 is 10.4. The second-order valence-corrected chi connectivity index (χ2v) is 12.8. The number of β-lactam (4-membered cyclic amide) rings is 1. The van der Waals surface area contributed by atoms with Gasteiger partial charge in [-0.2, -0.15) is 0 Å². The molecule has 2 aromatic rings. The molecule has 3 saturated heterocycles. The van der Waals surface area contributed by atoms with Crippen molar-refractivity contribution in [2.24, 2.45) is 5.92 Å². The molecular formula is C30H37N3O6S. The van der Waals surface area contributed by atoms with E-state index < -0.39 is 46.0 Å². The van der Waals surface area contributed by atoms with Crippen molar-refractivity contribution in [3.05, 3.63) is 71.8 Å². The maximum atomic E-state index is 13.7. The van der Waals surface area contributed by atoms with Crippen molar-refractivity contribution in [1.82, 2.24) is 14.7 Å². The predicted octanol–water partition coefficient (Wildman–Crippen LogP) is 2.13. The number of rotatable bonds is 10. The lowest BCUT2D eigenvalue weighted by Crippen LogP contribution is -2.67. The van der Waals surface area contributed by atoms with E-state index in [1.54, 1.807) is 4.90 Å². The number of esters is 1. The zero-order chi connectivity index (χ0) is 28.3. The number of hydrogen-bond acceptors (Lipinski definition) is 8. The molecule has 3 aliphatic rings. The molecule has 0 saturated carbocycles. The maximum absolute atomic E-state index is 13.7. The molecule has 0 radical (unpaired) electrons. The molecule has 2 amide bonds. The molecule has 3 fully saturated rings. The van der Waals surface area contributed by atoms with Crippen LogP contribution in [-0.4, -0.2) is 99.2 Å². The first-order chi connectivity index (χ1) is 19.3. The number of fused-ring (bicyclic) bond motifs is 1. The van der Waals surface area contributed by atoms with Crippen molar-refractivity contribution >= 4 is 29.5 Å². The Morgan fingerprint density at radius 1 is 1.07 bits per heavy atom. The van der Waals surface area contributed by atoms with Crippen molar-refractivity contribution in [2.45, 2.75) is 49.3 Å². The monoisotopic (exact) mass is 567 g/mol. The van der Waals surface area contributed by atoms with Gasteiger partial charge >= 0.3 is 5.97 Å². The van der Waals surface area contributed by atoms with Crippen molar-refractivity contribution in [3.8, 4) is 0 Å². The van der Waals surface area contributed by atoms with Gasteiger partial charge in [-0.1, -0.05) is 60.7 Å². The number of amides is 2. The molecule has 5 rings (SSSR count). The molecule has 3 aliphatic heterocycles. The molecule has 9 nitrogen and oxygen atoms in total. The highest BCUT2D eigenvalue weighted by molar-refractivity contribution is 8.01. The Bertz CT molecular complexity index is 1190. The Labute approximate surface area is 239 Å². The lowest BCUT2D eigenvalue weighted by molar-refractivity contribution is -0.175. The third-order valence-corrected chi connectivity index (χ3v) is 9.43. The van der Waals surface area contributed by atoms with Crippen molar-refractivity contribution in [1.29, 1.82) is 0 Å². The van der Waals surface area contributed by atoms with Gasteiger partial charge in [-0.3, -0.25) is 14.5 Å². The first kappa shape index (κ1) is 28.6. The van der Waals surface area contributed by atoms with Crippen LogP contribution >= 0.6 is 11.8 Å². The summed E-state index contributed by atoms with van der Waals surface area (Å²) in [5.74, 6) is -2.25. The van der Waals surface area contributed by atoms with Gasteiger partial charge < -0.3 is 24.4 Å². The van der Waals surface area contributed by atoms with Gasteiger partial charge in [0.15, 0.2) is 0 Å². The third kappa shape index (κ3) is 6.05. The van der Waals surface area contributed by atoms with Crippen LogP contribution < -0.4 is 0 Å². The summed E-state index contributed by atoms with van der Waals surface area (Å²) >= 11 is 1.44. The van der Waals surface area contributed by atoms with Gasteiger partial charge in [-0.25, -0.2) is 4.79 Å². The van der Waals surface area contributed by atoms with Gasteiger partial charge in [0, 0.05) is 37.5 Å². The van der Waals surface area contributed by atoms with Crippen LogP contribution in [0.1, 0.15) is 25.0 Å². The molecule has 0 spiro atoms. The SMILES string of the molecule is CC1(C)S[C@@H]2[C@H]([C@H](O)C(=O)N(CCN3CCOCC3)Cc3ccccc3)C(=O)N2[C@H]1C(=O)OCc1ccccc1. The normalized spacial score (nSPS) is 24.6. The van der Waals surface area contributed by atoms with Crippen LogP contribution in [0.15, 0.2) is 60.7 Å². The summed E-state index contributed by atoms with van der Waals surface area (Å²) in [5, 5.41) is 10.8. The smallest absolute Gasteiger partial charge is 0.330 e. The summed E-state index contributed by atoms with van der Waals surface area (Å²) in [6, 6.07) is 18.2. The van der Waals surface area contributed by atoms with E-state index in [9.17, 15) is 19.5 Å². The number of benzene rings is 2. The zero-order valence-corrected chi connectivity index (χ0v) is 23.8. The second-order valence-electron chi connectivity index (χ2n) is 11.0. The average molecular weight is 568 g/mol. The zero-order valence-electron chi connectivity index (χ0n) is 23.0. The summed E-state index contributed by atoms with van der Waals surface area (Å²) in [6.07, 6.45) is -1.50.